The first kappa shape index (κ1) is 18.3. The van der Waals surface area contributed by atoms with Crippen LogP contribution >= 0.6 is 0 Å². The van der Waals surface area contributed by atoms with E-state index in [1.165, 1.54) is 7.11 Å². The molecule has 0 aliphatic carbocycles. The number of hydrogen-bond acceptors (Lipinski definition) is 5. The van der Waals surface area contributed by atoms with E-state index in [9.17, 15) is 19.2 Å². The molecular weight excluding hydrogens is 348 g/mol. The summed E-state index contributed by atoms with van der Waals surface area (Å²) in [5, 5.41) is 2.55. The Morgan fingerprint density at radius 1 is 0.963 bits per heavy atom. The second-order valence-electron chi connectivity index (χ2n) is 6.08. The van der Waals surface area contributed by atoms with Gasteiger partial charge in [-0.15, -0.1) is 0 Å². The molecule has 0 aromatic heterocycles. The summed E-state index contributed by atoms with van der Waals surface area (Å²) in [6.45, 7) is -0.464. The number of nitrogens with zero attached hydrogens (tertiary/aromatic N) is 1. The third kappa shape index (κ3) is 3.87. The van der Waals surface area contributed by atoms with Gasteiger partial charge in [-0.05, 0) is 17.7 Å². The van der Waals surface area contributed by atoms with Gasteiger partial charge in [0.1, 0.15) is 12.6 Å². The number of carbonyl (C=O) groups is 4. The maximum atomic E-state index is 12.4. The summed E-state index contributed by atoms with van der Waals surface area (Å²) in [7, 11) is 1.23. The van der Waals surface area contributed by atoms with Gasteiger partial charge >= 0.3 is 5.97 Å². The Morgan fingerprint density at radius 2 is 1.52 bits per heavy atom. The summed E-state index contributed by atoms with van der Waals surface area (Å²) < 4.78 is 4.75. The molecule has 2 aromatic carbocycles. The van der Waals surface area contributed by atoms with E-state index in [2.05, 4.69) is 5.32 Å². The topological polar surface area (TPSA) is 92.8 Å². The fourth-order valence-corrected chi connectivity index (χ4v) is 2.95. The van der Waals surface area contributed by atoms with Crippen LogP contribution in [0.15, 0.2) is 54.6 Å². The SMILES string of the molecule is COC(=O)C(Cc1ccccc1)NC(=O)CN1C(=O)c2ccccc2C1=O. The van der Waals surface area contributed by atoms with Crippen LogP contribution in [0.5, 0.6) is 0 Å². The van der Waals surface area contributed by atoms with Crippen molar-refractivity contribution in [2.45, 2.75) is 12.5 Å². The van der Waals surface area contributed by atoms with Gasteiger partial charge in [0.2, 0.25) is 5.91 Å². The summed E-state index contributed by atoms with van der Waals surface area (Å²) in [5.74, 6) is -2.27. The Hall–Kier alpha value is -3.48. The van der Waals surface area contributed by atoms with Crippen LogP contribution < -0.4 is 5.32 Å². The molecule has 0 radical (unpaired) electrons. The number of hydrogen-bond donors (Lipinski definition) is 1. The first-order chi connectivity index (χ1) is 13.0. The molecule has 3 rings (SSSR count). The van der Waals surface area contributed by atoms with E-state index in [1.54, 1.807) is 24.3 Å². The molecule has 0 saturated carbocycles. The molecule has 27 heavy (non-hydrogen) atoms. The molecule has 3 amide bonds. The lowest BCUT2D eigenvalue weighted by atomic mass is 10.1. The molecule has 1 N–H and O–H groups in total. The molecule has 0 saturated heterocycles. The van der Waals surface area contributed by atoms with Crippen LogP contribution in [-0.4, -0.2) is 48.3 Å². The van der Waals surface area contributed by atoms with E-state index in [0.717, 1.165) is 10.5 Å². The molecular formula is C20H18N2O5. The predicted octanol–water partition coefficient (Wildman–Crippen LogP) is 1.18. The number of amides is 3. The molecule has 7 nitrogen and oxygen atoms in total. The predicted molar refractivity (Wildman–Crippen MR) is 95.9 cm³/mol. The van der Waals surface area contributed by atoms with E-state index >= 15 is 0 Å². The summed E-state index contributed by atoms with van der Waals surface area (Å²) >= 11 is 0. The Kier molecular flexibility index (Phi) is 5.30. The fraction of sp³-hybridized carbons (Fsp3) is 0.200. The molecule has 0 fully saturated rings. The minimum atomic E-state index is -0.917. The van der Waals surface area contributed by atoms with Crippen molar-refractivity contribution in [3.05, 3.63) is 71.3 Å². The van der Waals surface area contributed by atoms with Gasteiger partial charge in [0, 0.05) is 6.42 Å². The van der Waals surface area contributed by atoms with Crippen LogP contribution in [0.2, 0.25) is 0 Å². The third-order valence-corrected chi connectivity index (χ3v) is 4.28. The Labute approximate surface area is 155 Å². The van der Waals surface area contributed by atoms with Gasteiger partial charge in [0.25, 0.3) is 11.8 Å². The number of imide groups is 1. The number of benzene rings is 2. The number of methoxy groups -OCH3 is 1. The minimum Gasteiger partial charge on any atom is -0.467 e. The first-order valence-corrected chi connectivity index (χ1v) is 8.37. The highest BCUT2D eigenvalue weighted by Crippen LogP contribution is 2.21. The van der Waals surface area contributed by atoms with E-state index in [4.69, 9.17) is 4.74 Å². The van der Waals surface area contributed by atoms with Crippen molar-refractivity contribution in [2.24, 2.45) is 0 Å². The zero-order valence-corrected chi connectivity index (χ0v) is 14.7. The summed E-state index contributed by atoms with van der Waals surface area (Å²) in [4.78, 5) is 50.0. The Bertz CT molecular complexity index is 859. The fourth-order valence-electron chi connectivity index (χ4n) is 2.95. The average molecular weight is 366 g/mol. The lowest BCUT2D eigenvalue weighted by Gasteiger charge is -2.19. The molecule has 1 unspecified atom stereocenters. The molecule has 7 heteroatoms. The van der Waals surface area contributed by atoms with Crippen LogP contribution in [0, 0.1) is 0 Å². The highest BCUT2D eigenvalue weighted by atomic mass is 16.5. The number of fused-ring (bicyclic) bond motifs is 1. The monoisotopic (exact) mass is 366 g/mol. The largest absolute Gasteiger partial charge is 0.467 e. The Morgan fingerprint density at radius 3 is 2.07 bits per heavy atom. The zero-order chi connectivity index (χ0) is 19.4. The molecule has 0 bridgehead atoms. The molecule has 1 aliphatic heterocycles. The van der Waals surface area contributed by atoms with Gasteiger partial charge < -0.3 is 10.1 Å². The van der Waals surface area contributed by atoms with E-state index in [1.807, 2.05) is 30.3 Å². The van der Waals surface area contributed by atoms with Crippen molar-refractivity contribution in [1.82, 2.24) is 10.2 Å². The summed E-state index contributed by atoms with van der Waals surface area (Å²) in [5.41, 5.74) is 1.38. The van der Waals surface area contributed by atoms with E-state index in [0.29, 0.717) is 0 Å². The summed E-state index contributed by atoms with van der Waals surface area (Å²) in [6, 6.07) is 14.6. The molecule has 138 valence electrons. The van der Waals surface area contributed by atoms with Crippen LogP contribution in [0.25, 0.3) is 0 Å². The first-order valence-electron chi connectivity index (χ1n) is 8.37. The zero-order valence-electron chi connectivity index (χ0n) is 14.7. The smallest absolute Gasteiger partial charge is 0.328 e. The third-order valence-electron chi connectivity index (χ3n) is 4.28. The van der Waals surface area contributed by atoms with Crippen molar-refractivity contribution < 1.29 is 23.9 Å². The average Bonchev–Trinajstić information content (AvgIpc) is 2.93. The molecule has 1 atom stereocenters. The number of ether oxygens (including phenoxy) is 1. The van der Waals surface area contributed by atoms with Crippen LogP contribution in [0.3, 0.4) is 0 Å². The number of carbonyl (C=O) groups excluding carboxylic acids is 4. The quantitative estimate of drug-likeness (QED) is 0.612. The lowest BCUT2D eigenvalue weighted by molar-refractivity contribution is -0.145. The lowest BCUT2D eigenvalue weighted by Crippen LogP contribution is -2.48. The minimum absolute atomic E-state index is 0.237. The highest BCUT2D eigenvalue weighted by Gasteiger charge is 2.36. The van der Waals surface area contributed by atoms with E-state index < -0.39 is 36.3 Å². The number of nitrogens with one attached hydrogen (secondary N) is 1. The van der Waals surface area contributed by atoms with Gasteiger partial charge in [0.15, 0.2) is 0 Å². The second kappa shape index (κ2) is 7.82. The van der Waals surface area contributed by atoms with Gasteiger partial charge in [0.05, 0.1) is 18.2 Å². The molecule has 1 aliphatic rings. The highest BCUT2D eigenvalue weighted by molar-refractivity contribution is 6.22. The number of esters is 1. The van der Waals surface area contributed by atoms with Crippen molar-refractivity contribution >= 4 is 23.7 Å². The molecule has 2 aromatic rings. The molecule has 0 spiro atoms. The van der Waals surface area contributed by atoms with Crippen LogP contribution in [0.1, 0.15) is 26.3 Å². The van der Waals surface area contributed by atoms with Crippen molar-refractivity contribution in [3.63, 3.8) is 0 Å². The van der Waals surface area contributed by atoms with Crippen LogP contribution in [0.4, 0.5) is 0 Å². The number of rotatable bonds is 6. The van der Waals surface area contributed by atoms with Crippen molar-refractivity contribution in [2.75, 3.05) is 13.7 Å². The van der Waals surface area contributed by atoms with Gasteiger partial charge in [-0.3, -0.25) is 19.3 Å². The van der Waals surface area contributed by atoms with Crippen LogP contribution in [-0.2, 0) is 20.7 Å². The van der Waals surface area contributed by atoms with Crippen molar-refractivity contribution in [3.8, 4) is 0 Å². The maximum Gasteiger partial charge on any atom is 0.328 e. The van der Waals surface area contributed by atoms with Gasteiger partial charge in [-0.25, -0.2) is 4.79 Å². The normalized spacial score (nSPS) is 13.9. The van der Waals surface area contributed by atoms with Gasteiger partial charge in [-0.1, -0.05) is 42.5 Å². The maximum absolute atomic E-state index is 12.4. The van der Waals surface area contributed by atoms with Gasteiger partial charge in [-0.2, -0.15) is 0 Å². The Balaban J connectivity index is 1.69. The molecule has 1 heterocycles. The van der Waals surface area contributed by atoms with E-state index in [-0.39, 0.29) is 17.5 Å². The van der Waals surface area contributed by atoms with Crippen molar-refractivity contribution in [1.29, 1.82) is 0 Å². The summed E-state index contributed by atoms with van der Waals surface area (Å²) in [6.07, 6.45) is 0.237. The standard InChI is InChI=1S/C20H18N2O5/c1-27-20(26)16(11-13-7-3-2-4-8-13)21-17(23)12-22-18(24)14-9-5-6-10-15(14)19(22)25/h2-10,16H,11-12H2,1H3,(H,21,23). The second-order valence-corrected chi connectivity index (χ2v) is 6.08.